The van der Waals surface area contributed by atoms with E-state index < -0.39 is 0 Å². The highest BCUT2D eigenvalue weighted by molar-refractivity contribution is 5.85. The third-order valence-electron chi connectivity index (χ3n) is 3.77. The molecule has 1 aliphatic heterocycles. The molecular weight excluding hydrogens is 252 g/mol. The van der Waals surface area contributed by atoms with Crippen LogP contribution in [0.1, 0.15) is 38.5 Å². The quantitative estimate of drug-likeness (QED) is 0.800. The van der Waals surface area contributed by atoms with E-state index in [4.69, 9.17) is 4.74 Å². The number of carbonyl (C=O) groups excluding carboxylic acids is 1. The minimum atomic E-state index is 0. The third kappa shape index (κ3) is 5.55. The lowest BCUT2D eigenvalue weighted by molar-refractivity contribution is -0.124. The summed E-state index contributed by atoms with van der Waals surface area (Å²) in [6, 6.07) is 0. The molecule has 106 valence electrons. The zero-order valence-electron chi connectivity index (χ0n) is 11.0. The van der Waals surface area contributed by atoms with Crippen molar-refractivity contribution < 1.29 is 9.53 Å². The van der Waals surface area contributed by atoms with Crippen molar-refractivity contribution in [3.63, 3.8) is 0 Å². The molecular formula is C13H25ClN2O2. The predicted molar refractivity (Wildman–Crippen MR) is 74.1 cm³/mol. The molecule has 2 rings (SSSR count). The van der Waals surface area contributed by atoms with Crippen LogP contribution in [-0.2, 0) is 9.53 Å². The lowest BCUT2D eigenvalue weighted by Crippen LogP contribution is -2.41. The number of amides is 1. The van der Waals surface area contributed by atoms with Crippen LogP contribution in [0.2, 0.25) is 0 Å². The summed E-state index contributed by atoms with van der Waals surface area (Å²) < 4.78 is 5.51. The van der Waals surface area contributed by atoms with Gasteiger partial charge in [0.1, 0.15) is 0 Å². The molecule has 0 aromatic rings. The van der Waals surface area contributed by atoms with Gasteiger partial charge < -0.3 is 15.4 Å². The number of halogens is 1. The lowest BCUT2D eigenvalue weighted by atomic mass is 10.0. The van der Waals surface area contributed by atoms with Crippen LogP contribution in [0.4, 0.5) is 0 Å². The summed E-state index contributed by atoms with van der Waals surface area (Å²) in [5.41, 5.74) is 0. The van der Waals surface area contributed by atoms with E-state index in [1.165, 1.54) is 25.7 Å². The van der Waals surface area contributed by atoms with E-state index in [1.807, 2.05) is 0 Å². The molecule has 1 atom stereocenters. The van der Waals surface area contributed by atoms with Gasteiger partial charge in [-0.3, -0.25) is 4.79 Å². The first-order valence-corrected chi connectivity index (χ1v) is 6.93. The van der Waals surface area contributed by atoms with Gasteiger partial charge >= 0.3 is 0 Å². The summed E-state index contributed by atoms with van der Waals surface area (Å²) in [5, 5.41) is 6.25. The Hall–Kier alpha value is -0.320. The van der Waals surface area contributed by atoms with Crippen LogP contribution in [0.5, 0.6) is 0 Å². The van der Waals surface area contributed by atoms with Gasteiger partial charge in [0.25, 0.3) is 0 Å². The van der Waals surface area contributed by atoms with Gasteiger partial charge in [0.2, 0.25) is 5.91 Å². The zero-order chi connectivity index (χ0) is 11.9. The van der Waals surface area contributed by atoms with Crippen molar-refractivity contribution in [1.29, 1.82) is 0 Å². The highest BCUT2D eigenvalue weighted by atomic mass is 35.5. The topological polar surface area (TPSA) is 50.4 Å². The van der Waals surface area contributed by atoms with E-state index >= 15 is 0 Å². The first-order chi connectivity index (χ1) is 8.34. The molecule has 0 radical (unpaired) electrons. The van der Waals surface area contributed by atoms with Gasteiger partial charge in [0.15, 0.2) is 0 Å². The largest absolute Gasteiger partial charge is 0.375 e. The summed E-state index contributed by atoms with van der Waals surface area (Å²) in [5.74, 6) is 0.986. The molecule has 0 bridgehead atoms. The van der Waals surface area contributed by atoms with E-state index in [2.05, 4.69) is 10.6 Å². The number of ether oxygens (including phenoxy) is 1. The number of morpholine rings is 1. The fourth-order valence-corrected chi connectivity index (χ4v) is 2.74. The van der Waals surface area contributed by atoms with Gasteiger partial charge in [-0.15, -0.1) is 12.4 Å². The van der Waals surface area contributed by atoms with Crippen molar-refractivity contribution >= 4 is 18.3 Å². The van der Waals surface area contributed by atoms with Gasteiger partial charge in [-0.05, 0) is 12.3 Å². The number of nitrogens with one attached hydrogen (secondary N) is 2. The van der Waals surface area contributed by atoms with Gasteiger partial charge in [-0.2, -0.15) is 0 Å². The molecule has 2 N–H and O–H groups in total. The van der Waals surface area contributed by atoms with Crippen molar-refractivity contribution in [2.45, 2.75) is 44.6 Å². The van der Waals surface area contributed by atoms with Crippen molar-refractivity contribution in [2.24, 2.45) is 5.92 Å². The third-order valence-corrected chi connectivity index (χ3v) is 3.77. The number of carbonyl (C=O) groups is 1. The molecule has 1 aliphatic carbocycles. The normalized spacial score (nSPS) is 24.6. The Labute approximate surface area is 116 Å². The number of hydrogen-bond acceptors (Lipinski definition) is 3. The Kier molecular flexibility index (Phi) is 7.63. The van der Waals surface area contributed by atoms with E-state index in [0.29, 0.717) is 6.42 Å². The van der Waals surface area contributed by atoms with E-state index in [1.54, 1.807) is 0 Å². The van der Waals surface area contributed by atoms with E-state index in [0.717, 1.165) is 38.6 Å². The van der Waals surface area contributed by atoms with Crippen molar-refractivity contribution in [2.75, 3.05) is 26.2 Å². The smallest absolute Gasteiger partial charge is 0.222 e. The minimum Gasteiger partial charge on any atom is -0.375 e. The molecule has 2 fully saturated rings. The van der Waals surface area contributed by atoms with Crippen molar-refractivity contribution in [3.05, 3.63) is 0 Å². The Morgan fingerprint density at radius 1 is 1.33 bits per heavy atom. The first-order valence-electron chi connectivity index (χ1n) is 6.93. The maximum Gasteiger partial charge on any atom is 0.222 e. The second kappa shape index (κ2) is 8.73. The van der Waals surface area contributed by atoms with Crippen LogP contribution < -0.4 is 10.6 Å². The molecule has 0 spiro atoms. The maximum atomic E-state index is 11.7. The highest BCUT2D eigenvalue weighted by Gasteiger charge is 2.18. The summed E-state index contributed by atoms with van der Waals surface area (Å²) in [6.07, 6.45) is 7.17. The van der Waals surface area contributed by atoms with Crippen LogP contribution in [0.25, 0.3) is 0 Å². The molecule has 2 aliphatic rings. The van der Waals surface area contributed by atoms with Crippen LogP contribution >= 0.6 is 12.4 Å². The molecule has 1 saturated carbocycles. The highest BCUT2D eigenvalue weighted by Crippen LogP contribution is 2.26. The Morgan fingerprint density at radius 3 is 2.78 bits per heavy atom. The monoisotopic (exact) mass is 276 g/mol. The average molecular weight is 277 g/mol. The van der Waals surface area contributed by atoms with Crippen LogP contribution in [0, 0.1) is 5.92 Å². The van der Waals surface area contributed by atoms with Crippen molar-refractivity contribution in [3.8, 4) is 0 Å². The lowest BCUT2D eigenvalue weighted by Gasteiger charge is -2.23. The SMILES string of the molecule is Cl.O=C(CC1CNCCO1)NCCC1CCCC1. The van der Waals surface area contributed by atoms with Gasteiger partial charge in [0.05, 0.1) is 19.1 Å². The molecule has 0 aromatic heterocycles. The van der Waals surface area contributed by atoms with Gasteiger partial charge in [-0.1, -0.05) is 25.7 Å². The van der Waals surface area contributed by atoms with Gasteiger partial charge in [0, 0.05) is 19.6 Å². The molecule has 0 aromatic carbocycles. The maximum absolute atomic E-state index is 11.7. The Bertz CT molecular complexity index is 239. The number of rotatable bonds is 5. The van der Waals surface area contributed by atoms with E-state index in [-0.39, 0.29) is 24.4 Å². The zero-order valence-corrected chi connectivity index (χ0v) is 11.8. The molecule has 1 heterocycles. The molecule has 5 heteroatoms. The molecule has 1 saturated heterocycles. The summed E-state index contributed by atoms with van der Waals surface area (Å²) in [6.45, 7) is 3.26. The van der Waals surface area contributed by atoms with Crippen LogP contribution in [0.3, 0.4) is 0 Å². The standard InChI is InChI=1S/C13H24N2O2.ClH/c16-13(9-12-10-14-7-8-17-12)15-6-5-11-3-1-2-4-11;/h11-12,14H,1-10H2,(H,15,16);1H. The summed E-state index contributed by atoms with van der Waals surface area (Å²) in [7, 11) is 0. The average Bonchev–Trinajstić information content (AvgIpc) is 2.83. The van der Waals surface area contributed by atoms with E-state index in [9.17, 15) is 4.79 Å². The molecule has 1 unspecified atom stereocenters. The number of hydrogen-bond donors (Lipinski definition) is 2. The minimum absolute atomic E-state index is 0. The second-order valence-corrected chi connectivity index (χ2v) is 5.19. The van der Waals surface area contributed by atoms with Crippen LogP contribution in [-0.4, -0.2) is 38.3 Å². The fraction of sp³-hybridized carbons (Fsp3) is 0.923. The molecule has 18 heavy (non-hydrogen) atoms. The van der Waals surface area contributed by atoms with Crippen LogP contribution in [0.15, 0.2) is 0 Å². The molecule has 4 nitrogen and oxygen atoms in total. The Morgan fingerprint density at radius 2 is 2.11 bits per heavy atom. The summed E-state index contributed by atoms with van der Waals surface area (Å²) in [4.78, 5) is 11.7. The first kappa shape index (κ1) is 15.7. The predicted octanol–water partition coefficient (Wildman–Crippen LogP) is 1.48. The second-order valence-electron chi connectivity index (χ2n) is 5.19. The fourth-order valence-electron chi connectivity index (χ4n) is 2.74. The summed E-state index contributed by atoms with van der Waals surface area (Å²) >= 11 is 0. The molecule has 1 amide bonds. The van der Waals surface area contributed by atoms with Crippen molar-refractivity contribution in [1.82, 2.24) is 10.6 Å². The Balaban J connectivity index is 0.00000162. The van der Waals surface area contributed by atoms with Gasteiger partial charge in [-0.25, -0.2) is 0 Å².